The van der Waals surface area contributed by atoms with Gasteiger partial charge in [-0.25, -0.2) is 8.42 Å². The van der Waals surface area contributed by atoms with Gasteiger partial charge in [0.15, 0.2) is 0 Å². The fraction of sp³-hybridized carbons (Fsp3) is 0.714. The quantitative estimate of drug-likeness (QED) is 0.305. The van der Waals surface area contributed by atoms with Crippen molar-refractivity contribution in [2.75, 3.05) is 6.26 Å². The Balaban J connectivity index is 2.44. The van der Waals surface area contributed by atoms with Crippen molar-refractivity contribution in [1.29, 1.82) is 0 Å². The standard InChI is InChI=1S/C21H35NO6S/c1-3-4-7-10-16(23)13-14-18-17(19(24)15-20(18)25)11-8-5-6-9-12-21(26)22-29(2,27)28/h5,8,13-14,16-18,20,23,25H,3-4,6-7,9-12,15H2,1-2H3,(H,22,26)/b8-5-,14-13+/t16-,17+,18+,20+/m0/s1. The molecule has 29 heavy (non-hydrogen) atoms. The van der Waals surface area contributed by atoms with Gasteiger partial charge >= 0.3 is 0 Å². The summed E-state index contributed by atoms with van der Waals surface area (Å²) >= 11 is 0. The van der Waals surface area contributed by atoms with Crippen LogP contribution >= 0.6 is 0 Å². The van der Waals surface area contributed by atoms with Crippen molar-refractivity contribution in [3.8, 4) is 0 Å². The first kappa shape index (κ1) is 25.5. The number of aliphatic hydroxyl groups excluding tert-OH is 2. The van der Waals surface area contributed by atoms with Crippen molar-refractivity contribution in [1.82, 2.24) is 4.72 Å². The van der Waals surface area contributed by atoms with E-state index in [4.69, 9.17) is 0 Å². The third-order valence-electron chi connectivity index (χ3n) is 5.02. The molecule has 1 aliphatic carbocycles. The number of Topliss-reactive ketones (excluding diaryl/α,β-unsaturated/α-hetero) is 1. The molecule has 0 radical (unpaired) electrons. The summed E-state index contributed by atoms with van der Waals surface area (Å²) in [4.78, 5) is 23.6. The predicted octanol–water partition coefficient (Wildman–Crippen LogP) is 2.24. The van der Waals surface area contributed by atoms with E-state index in [0.29, 0.717) is 25.7 Å². The molecule has 0 bridgehead atoms. The lowest BCUT2D eigenvalue weighted by Crippen LogP contribution is -2.28. The summed E-state index contributed by atoms with van der Waals surface area (Å²) in [5.74, 6) is -1.12. The zero-order chi connectivity index (χ0) is 21.9. The summed E-state index contributed by atoms with van der Waals surface area (Å²) in [6.45, 7) is 2.10. The van der Waals surface area contributed by atoms with Gasteiger partial charge in [-0.2, -0.15) is 0 Å². The number of carbonyl (C=O) groups excluding carboxylic acids is 2. The second-order valence-electron chi connectivity index (χ2n) is 7.77. The number of amides is 1. The maximum Gasteiger partial charge on any atom is 0.233 e. The van der Waals surface area contributed by atoms with Crippen LogP contribution in [0.3, 0.4) is 0 Å². The Kier molecular flexibility index (Phi) is 11.4. The molecular formula is C21H35NO6S. The number of aliphatic hydroxyl groups is 2. The molecule has 1 saturated carbocycles. The van der Waals surface area contributed by atoms with Gasteiger partial charge in [0, 0.05) is 24.7 Å². The second kappa shape index (κ2) is 12.9. The number of hydrogen-bond donors (Lipinski definition) is 3. The molecule has 0 saturated heterocycles. The fourth-order valence-electron chi connectivity index (χ4n) is 3.48. The van der Waals surface area contributed by atoms with Gasteiger partial charge in [-0.05, 0) is 25.7 Å². The van der Waals surface area contributed by atoms with Crippen LogP contribution in [0.5, 0.6) is 0 Å². The van der Waals surface area contributed by atoms with Crippen LogP contribution in [0, 0.1) is 11.8 Å². The molecule has 1 aliphatic rings. The summed E-state index contributed by atoms with van der Waals surface area (Å²) in [7, 11) is -3.52. The van der Waals surface area contributed by atoms with Gasteiger partial charge in [-0.1, -0.05) is 50.5 Å². The Hall–Kier alpha value is -1.51. The van der Waals surface area contributed by atoms with Crippen molar-refractivity contribution in [3.05, 3.63) is 24.3 Å². The Labute approximate surface area is 174 Å². The van der Waals surface area contributed by atoms with Crippen molar-refractivity contribution >= 4 is 21.7 Å². The molecule has 1 fully saturated rings. The molecule has 166 valence electrons. The van der Waals surface area contributed by atoms with Crippen LogP contribution in [0.15, 0.2) is 24.3 Å². The van der Waals surface area contributed by atoms with E-state index in [-0.39, 0.29) is 30.5 Å². The summed E-state index contributed by atoms with van der Waals surface area (Å²) < 4.78 is 23.8. The minimum absolute atomic E-state index is 0.0183. The smallest absolute Gasteiger partial charge is 0.233 e. The SMILES string of the molecule is CCCCC[C@H](O)/C=C/[C@H]1[C@H](O)CC(=O)[C@@H]1C/C=C\CCCC(=O)NS(C)(=O)=O. The van der Waals surface area contributed by atoms with Gasteiger partial charge in [0.05, 0.1) is 18.5 Å². The average Bonchev–Trinajstić information content (AvgIpc) is 2.87. The van der Waals surface area contributed by atoms with Gasteiger partial charge in [-0.3, -0.25) is 14.3 Å². The number of allylic oxidation sites excluding steroid dienone is 2. The van der Waals surface area contributed by atoms with E-state index in [9.17, 15) is 28.2 Å². The van der Waals surface area contributed by atoms with Crippen molar-refractivity contribution < 1.29 is 28.2 Å². The minimum Gasteiger partial charge on any atom is -0.392 e. The first-order valence-corrected chi connectivity index (χ1v) is 12.3. The first-order valence-electron chi connectivity index (χ1n) is 10.4. The Morgan fingerprint density at radius 2 is 2.00 bits per heavy atom. The number of rotatable bonds is 13. The molecule has 0 unspecified atom stereocenters. The summed E-state index contributed by atoms with van der Waals surface area (Å²) in [5, 5.41) is 20.2. The fourth-order valence-corrected chi connectivity index (χ4v) is 4.00. The average molecular weight is 430 g/mol. The molecule has 8 heteroatoms. The van der Waals surface area contributed by atoms with Crippen LogP contribution in [0.1, 0.15) is 64.7 Å². The molecule has 0 spiro atoms. The van der Waals surface area contributed by atoms with E-state index in [1.54, 1.807) is 12.2 Å². The highest BCUT2D eigenvalue weighted by atomic mass is 32.2. The Bertz CT molecular complexity index is 685. The number of unbranched alkanes of at least 4 members (excludes halogenated alkanes) is 3. The van der Waals surface area contributed by atoms with Crippen LogP contribution in [0.25, 0.3) is 0 Å². The lowest BCUT2D eigenvalue weighted by Gasteiger charge is -2.16. The van der Waals surface area contributed by atoms with E-state index >= 15 is 0 Å². The molecule has 3 N–H and O–H groups in total. The third kappa shape index (κ3) is 10.7. The van der Waals surface area contributed by atoms with Crippen LogP contribution in [-0.4, -0.2) is 48.8 Å². The summed E-state index contributed by atoms with van der Waals surface area (Å²) in [5.41, 5.74) is 0. The zero-order valence-electron chi connectivity index (χ0n) is 17.4. The number of ketones is 1. The molecule has 1 rings (SSSR count). The van der Waals surface area contributed by atoms with E-state index in [2.05, 4.69) is 6.92 Å². The number of sulfonamides is 1. The van der Waals surface area contributed by atoms with Gasteiger partial charge in [0.1, 0.15) is 5.78 Å². The first-order chi connectivity index (χ1) is 13.6. The minimum atomic E-state index is -3.52. The lowest BCUT2D eigenvalue weighted by atomic mass is 9.90. The number of carbonyl (C=O) groups is 2. The molecule has 0 heterocycles. The maximum atomic E-state index is 12.2. The van der Waals surface area contributed by atoms with Crippen molar-refractivity contribution in [3.63, 3.8) is 0 Å². The molecule has 0 aromatic carbocycles. The topological polar surface area (TPSA) is 121 Å². The van der Waals surface area contributed by atoms with Crippen LogP contribution in [0.4, 0.5) is 0 Å². The third-order valence-corrected chi connectivity index (χ3v) is 5.62. The highest BCUT2D eigenvalue weighted by Crippen LogP contribution is 2.33. The van der Waals surface area contributed by atoms with Crippen LogP contribution in [0.2, 0.25) is 0 Å². The molecule has 4 atom stereocenters. The maximum absolute atomic E-state index is 12.2. The summed E-state index contributed by atoms with van der Waals surface area (Å²) in [6, 6.07) is 0. The molecular weight excluding hydrogens is 394 g/mol. The number of hydrogen-bond acceptors (Lipinski definition) is 6. The van der Waals surface area contributed by atoms with Gasteiger partial charge in [0.25, 0.3) is 0 Å². The van der Waals surface area contributed by atoms with Gasteiger partial charge < -0.3 is 10.2 Å². The molecule has 0 aromatic heterocycles. The van der Waals surface area contributed by atoms with E-state index < -0.39 is 28.1 Å². The predicted molar refractivity (Wildman–Crippen MR) is 112 cm³/mol. The second-order valence-corrected chi connectivity index (χ2v) is 9.51. The lowest BCUT2D eigenvalue weighted by molar-refractivity contribution is -0.121. The molecule has 0 aliphatic heterocycles. The zero-order valence-corrected chi connectivity index (χ0v) is 18.2. The highest BCUT2D eigenvalue weighted by molar-refractivity contribution is 7.89. The van der Waals surface area contributed by atoms with E-state index in [0.717, 1.165) is 25.5 Å². The largest absolute Gasteiger partial charge is 0.392 e. The Morgan fingerprint density at radius 3 is 2.66 bits per heavy atom. The molecule has 1 amide bonds. The van der Waals surface area contributed by atoms with Gasteiger partial charge in [0.2, 0.25) is 15.9 Å². The van der Waals surface area contributed by atoms with Crippen molar-refractivity contribution in [2.24, 2.45) is 11.8 Å². The highest BCUT2D eigenvalue weighted by Gasteiger charge is 2.39. The van der Waals surface area contributed by atoms with Crippen LogP contribution < -0.4 is 4.72 Å². The van der Waals surface area contributed by atoms with E-state index in [1.165, 1.54) is 0 Å². The van der Waals surface area contributed by atoms with Gasteiger partial charge in [-0.15, -0.1) is 0 Å². The molecule has 7 nitrogen and oxygen atoms in total. The monoisotopic (exact) mass is 429 g/mol. The Morgan fingerprint density at radius 1 is 1.28 bits per heavy atom. The summed E-state index contributed by atoms with van der Waals surface area (Å²) in [6.07, 6.45) is 12.5. The van der Waals surface area contributed by atoms with Crippen LogP contribution in [-0.2, 0) is 19.6 Å². The molecule has 0 aromatic rings. The van der Waals surface area contributed by atoms with Crippen molar-refractivity contribution in [2.45, 2.75) is 76.9 Å². The van der Waals surface area contributed by atoms with E-state index in [1.807, 2.05) is 16.9 Å². The normalized spacial score (nSPS) is 23.9. The number of nitrogens with one attached hydrogen (secondary N) is 1.